The molecule has 2 aromatic rings. The quantitative estimate of drug-likeness (QED) is 0.718. The second kappa shape index (κ2) is 6.42. The number of nitrogens with zero attached hydrogens (tertiary/aromatic N) is 1. The predicted octanol–water partition coefficient (Wildman–Crippen LogP) is 4.50. The molecule has 2 N–H and O–H groups in total. The number of rotatable bonds is 3. The van der Waals surface area contributed by atoms with Crippen LogP contribution in [0.5, 0.6) is 11.5 Å². The van der Waals surface area contributed by atoms with Crippen LogP contribution in [0.15, 0.2) is 41.3 Å². The summed E-state index contributed by atoms with van der Waals surface area (Å²) in [5.74, 6) is -4.06. The van der Waals surface area contributed by atoms with Crippen LogP contribution in [0.4, 0.5) is 22.0 Å². The van der Waals surface area contributed by atoms with E-state index in [1.54, 1.807) is 0 Å². The molecule has 2 aromatic carbocycles. The molecule has 0 radical (unpaired) electrons. The van der Waals surface area contributed by atoms with E-state index < -0.39 is 49.7 Å². The molecule has 5 nitrogen and oxygen atoms in total. The van der Waals surface area contributed by atoms with Gasteiger partial charge in [-0.15, -0.1) is 0 Å². The largest absolute Gasteiger partial charge is 0.483 e. The molecular formula is C17H11F5N2O3S. The first kappa shape index (κ1) is 20.0. The second-order valence-electron chi connectivity index (χ2n) is 6.04. The predicted molar refractivity (Wildman–Crippen MR) is 86.5 cm³/mol. The first-order valence-electron chi connectivity index (χ1n) is 7.63. The van der Waals surface area contributed by atoms with Gasteiger partial charge in [0.25, 0.3) is 5.92 Å². The number of aliphatic hydroxyl groups excluding tert-OH is 1. The van der Waals surface area contributed by atoms with Gasteiger partial charge >= 0.3 is 5.51 Å². The van der Waals surface area contributed by atoms with Crippen molar-refractivity contribution in [3.63, 3.8) is 0 Å². The smallest absolute Gasteiger partial charge is 0.457 e. The molecule has 2 atom stereocenters. The average molecular weight is 418 g/mol. The Morgan fingerprint density at radius 2 is 1.96 bits per heavy atom. The molecule has 0 aliphatic heterocycles. The number of benzene rings is 2. The maximum Gasteiger partial charge on any atom is 0.483 e. The van der Waals surface area contributed by atoms with E-state index in [9.17, 15) is 31.3 Å². The fourth-order valence-corrected chi connectivity index (χ4v) is 3.93. The molecule has 0 saturated heterocycles. The average Bonchev–Trinajstić information content (AvgIpc) is 2.85. The van der Waals surface area contributed by atoms with Crippen LogP contribution in [-0.4, -0.2) is 20.7 Å². The van der Waals surface area contributed by atoms with E-state index in [0.29, 0.717) is 6.07 Å². The molecule has 1 aliphatic rings. The fraction of sp³-hybridized carbons (Fsp3) is 0.235. The number of alkyl halides is 5. The van der Waals surface area contributed by atoms with Crippen molar-refractivity contribution in [2.24, 2.45) is 0 Å². The van der Waals surface area contributed by atoms with Gasteiger partial charge in [0.2, 0.25) is 0 Å². The van der Waals surface area contributed by atoms with Gasteiger partial charge in [0.15, 0.2) is 9.73 Å². The number of hydrogen-bond donors (Lipinski definition) is 2. The molecule has 0 heterocycles. The fourth-order valence-electron chi connectivity index (χ4n) is 2.88. The molecule has 0 aromatic heterocycles. The summed E-state index contributed by atoms with van der Waals surface area (Å²) in [6.45, 7) is 0. The van der Waals surface area contributed by atoms with Crippen LogP contribution in [0.3, 0.4) is 0 Å². The third-order valence-electron chi connectivity index (χ3n) is 4.19. The first-order chi connectivity index (χ1) is 12.9. The normalized spacial score (nSPS) is 20.1. The van der Waals surface area contributed by atoms with Gasteiger partial charge in [-0.1, -0.05) is 6.07 Å². The van der Waals surface area contributed by atoms with E-state index in [0.717, 1.165) is 6.07 Å². The molecule has 3 rings (SSSR count). The molecule has 148 valence electrons. The maximum absolute atomic E-state index is 14.0. The van der Waals surface area contributed by atoms with Crippen LogP contribution >= 0.6 is 0 Å². The summed E-state index contributed by atoms with van der Waals surface area (Å²) in [4.78, 5) is -1.22. The standard InChI is InChI=1S/C17H11F5N2O3S/c18-16(19)7-11-12(27-10-3-1-2-9(6-10)8-23)4-5-13(14(11)15(16)25)28(24,26)17(20,21)22/h1-6,15,24-25H,7H2/t15-,28?/m0/s1. The molecule has 11 heteroatoms. The lowest BCUT2D eigenvalue weighted by molar-refractivity contribution is -0.0978. The highest BCUT2D eigenvalue weighted by Crippen LogP contribution is 2.51. The van der Waals surface area contributed by atoms with Crippen LogP contribution in [0.2, 0.25) is 0 Å². The van der Waals surface area contributed by atoms with Gasteiger partial charge in [-0.2, -0.15) is 18.4 Å². The number of fused-ring (bicyclic) bond motifs is 1. The van der Waals surface area contributed by atoms with E-state index in [1.807, 2.05) is 6.07 Å². The number of nitriles is 1. The molecule has 0 spiro atoms. The summed E-state index contributed by atoms with van der Waals surface area (Å²) < 4.78 is 91.9. The van der Waals surface area contributed by atoms with Gasteiger partial charge in [-0.25, -0.2) is 17.8 Å². The van der Waals surface area contributed by atoms with E-state index in [2.05, 4.69) is 0 Å². The minimum Gasteiger partial charge on any atom is -0.457 e. The first-order valence-corrected chi connectivity index (χ1v) is 9.19. The molecular weight excluding hydrogens is 407 g/mol. The van der Waals surface area contributed by atoms with Gasteiger partial charge in [0.1, 0.15) is 17.6 Å². The summed E-state index contributed by atoms with van der Waals surface area (Å²) in [6, 6.07) is 8.91. The molecule has 0 fully saturated rings. The van der Waals surface area contributed by atoms with Gasteiger partial charge < -0.3 is 9.84 Å². The minimum absolute atomic E-state index is 0.0566. The maximum atomic E-state index is 14.0. The zero-order valence-electron chi connectivity index (χ0n) is 13.8. The number of ether oxygens (including phenoxy) is 1. The lowest BCUT2D eigenvalue weighted by atomic mass is 10.1. The summed E-state index contributed by atoms with van der Waals surface area (Å²) in [5.41, 5.74) is -6.71. The van der Waals surface area contributed by atoms with Crippen LogP contribution in [0.1, 0.15) is 22.8 Å². The Morgan fingerprint density at radius 1 is 1.29 bits per heavy atom. The van der Waals surface area contributed by atoms with Gasteiger partial charge in [-0.3, -0.25) is 0 Å². The SMILES string of the molecule is N#Cc1cccc(Oc2ccc(S(=N)(=O)C(F)(F)F)c3c2CC(F)(F)[C@H]3O)c1. The topological polar surface area (TPSA) is 94.2 Å². The Labute approximate surface area is 156 Å². The Morgan fingerprint density at radius 3 is 2.57 bits per heavy atom. The zero-order valence-corrected chi connectivity index (χ0v) is 14.6. The van der Waals surface area contributed by atoms with Crippen molar-refractivity contribution >= 4 is 9.73 Å². The van der Waals surface area contributed by atoms with Gasteiger partial charge in [0.05, 0.1) is 16.5 Å². The van der Waals surface area contributed by atoms with Gasteiger partial charge in [-0.05, 0) is 30.3 Å². The summed E-state index contributed by atoms with van der Waals surface area (Å²) in [5, 5.41) is 18.8. The van der Waals surface area contributed by atoms with Crippen LogP contribution in [-0.2, 0) is 16.1 Å². The van der Waals surface area contributed by atoms with Crippen molar-refractivity contribution in [1.82, 2.24) is 0 Å². The Bertz CT molecular complexity index is 1090. The van der Waals surface area contributed by atoms with Gasteiger partial charge in [0, 0.05) is 17.5 Å². The molecule has 1 unspecified atom stereocenters. The summed E-state index contributed by atoms with van der Waals surface area (Å²) >= 11 is 0. The Kier molecular flexibility index (Phi) is 4.60. The summed E-state index contributed by atoms with van der Waals surface area (Å²) in [7, 11) is -5.48. The molecule has 0 saturated carbocycles. The lowest BCUT2D eigenvalue weighted by Crippen LogP contribution is -2.26. The zero-order chi connectivity index (χ0) is 20.9. The van der Waals surface area contributed by atoms with Crippen molar-refractivity contribution < 1.29 is 36.0 Å². The van der Waals surface area contributed by atoms with E-state index in [-0.39, 0.29) is 17.1 Å². The minimum atomic E-state index is -5.51. The number of aliphatic hydroxyl groups is 1. The van der Waals surface area contributed by atoms with E-state index in [4.69, 9.17) is 14.8 Å². The third kappa shape index (κ3) is 3.18. The van der Waals surface area contributed by atoms with Crippen molar-refractivity contribution in [3.8, 4) is 17.6 Å². The third-order valence-corrected chi connectivity index (χ3v) is 5.81. The summed E-state index contributed by atoms with van der Waals surface area (Å²) in [6.07, 6.45) is -3.82. The molecule has 0 amide bonds. The monoisotopic (exact) mass is 418 g/mol. The molecule has 28 heavy (non-hydrogen) atoms. The van der Waals surface area contributed by atoms with Crippen molar-refractivity contribution in [3.05, 3.63) is 53.1 Å². The van der Waals surface area contributed by atoms with Crippen molar-refractivity contribution in [1.29, 1.82) is 10.0 Å². The van der Waals surface area contributed by atoms with E-state index >= 15 is 0 Å². The van der Waals surface area contributed by atoms with Crippen molar-refractivity contribution in [2.45, 2.75) is 28.9 Å². The highest BCUT2D eigenvalue weighted by atomic mass is 32.2. The highest BCUT2D eigenvalue weighted by Gasteiger charge is 2.53. The lowest BCUT2D eigenvalue weighted by Gasteiger charge is -2.19. The van der Waals surface area contributed by atoms with Crippen LogP contribution in [0.25, 0.3) is 0 Å². The van der Waals surface area contributed by atoms with Crippen LogP contribution < -0.4 is 4.74 Å². The molecule has 1 aliphatic carbocycles. The number of hydrogen-bond acceptors (Lipinski definition) is 5. The van der Waals surface area contributed by atoms with E-state index in [1.165, 1.54) is 24.3 Å². The Balaban J connectivity index is 2.18. The molecule has 0 bridgehead atoms. The van der Waals surface area contributed by atoms with Crippen molar-refractivity contribution in [2.75, 3.05) is 0 Å². The number of halogens is 5. The Hall–Kier alpha value is -2.71. The van der Waals surface area contributed by atoms with Crippen LogP contribution in [0, 0.1) is 16.1 Å². The second-order valence-corrected chi connectivity index (χ2v) is 8.05. The number of nitrogens with one attached hydrogen (secondary N) is 1. The highest BCUT2D eigenvalue weighted by molar-refractivity contribution is 7.93.